The highest BCUT2D eigenvalue weighted by Crippen LogP contribution is 2.33. The number of carbonyl (C=O) groups is 6. The third-order valence-corrected chi connectivity index (χ3v) is 4.43. The van der Waals surface area contributed by atoms with Crippen LogP contribution in [0, 0.1) is 29.6 Å². The van der Waals surface area contributed by atoms with Crippen LogP contribution in [0.3, 0.4) is 0 Å². The third kappa shape index (κ3) is 7.60. The van der Waals surface area contributed by atoms with Gasteiger partial charge in [0.2, 0.25) is 0 Å². The normalized spacial score (nSPS) is 16.2. The van der Waals surface area contributed by atoms with Gasteiger partial charge in [0.25, 0.3) is 0 Å². The second-order valence-corrected chi connectivity index (χ2v) is 6.44. The molecule has 12 heteroatoms. The second-order valence-electron chi connectivity index (χ2n) is 6.44. The molecule has 158 valence electrons. The summed E-state index contributed by atoms with van der Waals surface area (Å²) in [6, 6.07) is 0. The van der Waals surface area contributed by atoms with E-state index in [4.69, 9.17) is 15.3 Å². The molecule has 0 aliphatic heterocycles. The van der Waals surface area contributed by atoms with Crippen LogP contribution >= 0.6 is 0 Å². The van der Waals surface area contributed by atoms with Gasteiger partial charge in [0, 0.05) is 0 Å². The Labute approximate surface area is 158 Å². The van der Waals surface area contributed by atoms with Gasteiger partial charge >= 0.3 is 35.8 Å². The SMILES string of the molecule is CC(CCC(C(=O)O)C(C(=O)O)C(CC(CC(=O)O)C(=O)O)C(=O)O)C(=O)O. The van der Waals surface area contributed by atoms with Gasteiger partial charge in [-0.05, 0) is 19.3 Å². The molecule has 0 heterocycles. The molecule has 0 spiro atoms. The largest absolute Gasteiger partial charge is 0.481 e. The lowest BCUT2D eigenvalue weighted by molar-refractivity contribution is -0.164. The molecule has 0 rings (SSSR count). The Morgan fingerprint density at radius 2 is 1.14 bits per heavy atom. The van der Waals surface area contributed by atoms with Crippen molar-refractivity contribution >= 4 is 35.8 Å². The molecule has 5 atom stereocenters. The predicted octanol–water partition coefficient (Wildman–Crippen LogP) is 0.155. The Balaban J connectivity index is 5.83. The first-order valence-corrected chi connectivity index (χ1v) is 8.15. The zero-order chi connectivity index (χ0) is 22.2. The molecule has 0 saturated carbocycles. The van der Waals surface area contributed by atoms with Gasteiger partial charge in [-0.1, -0.05) is 6.92 Å². The summed E-state index contributed by atoms with van der Waals surface area (Å²) in [5, 5.41) is 54.8. The fourth-order valence-corrected chi connectivity index (χ4v) is 2.82. The highest BCUT2D eigenvalue weighted by molar-refractivity contribution is 5.86. The lowest BCUT2D eigenvalue weighted by Crippen LogP contribution is -2.41. The zero-order valence-electron chi connectivity index (χ0n) is 14.8. The fraction of sp³-hybridized carbons (Fsp3) is 0.625. The molecule has 0 amide bonds. The first kappa shape index (κ1) is 24.8. The van der Waals surface area contributed by atoms with E-state index in [0.29, 0.717) is 0 Å². The molecule has 0 radical (unpaired) electrons. The molecule has 0 aromatic rings. The van der Waals surface area contributed by atoms with Gasteiger partial charge < -0.3 is 30.6 Å². The highest BCUT2D eigenvalue weighted by atomic mass is 16.4. The van der Waals surface area contributed by atoms with Crippen LogP contribution in [0.2, 0.25) is 0 Å². The molecule has 12 nitrogen and oxygen atoms in total. The maximum absolute atomic E-state index is 11.6. The summed E-state index contributed by atoms with van der Waals surface area (Å²) in [6.45, 7) is 1.26. The summed E-state index contributed by atoms with van der Waals surface area (Å²) in [6.07, 6.45) is -2.61. The first-order chi connectivity index (χ1) is 12.8. The molecule has 0 aromatic heterocycles. The second kappa shape index (κ2) is 10.8. The monoisotopic (exact) mass is 406 g/mol. The molecule has 5 unspecified atom stereocenters. The zero-order valence-corrected chi connectivity index (χ0v) is 14.8. The van der Waals surface area contributed by atoms with Crippen LogP contribution in [-0.2, 0) is 28.8 Å². The molecule has 0 bridgehead atoms. The van der Waals surface area contributed by atoms with Crippen LogP contribution < -0.4 is 0 Å². The Kier molecular flexibility index (Phi) is 9.61. The fourth-order valence-electron chi connectivity index (χ4n) is 2.82. The van der Waals surface area contributed by atoms with Crippen molar-refractivity contribution in [2.75, 3.05) is 0 Å². The van der Waals surface area contributed by atoms with Crippen molar-refractivity contribution in [2.24, 2.45) is 29.6 Å². The van der Waals surface area contributed by atoms with Crippen LogP contribution in [0.25, 0.3) is 0 Å². The van der Waals surface area contributed by atoms with E-state index < -0.39 is 84.7 Å². The number of aliphatic carboxylic acids is 6. The van der Waals surface area contributed by atoms with E-state index in [1.54, 1.807) is 0 Å². The summed E-state index contributed by atoms with van der Waals surface area (Å²) in [5.74, 6) is -18.4. The van der Waals surface area contributed by atoms with Gasteiger partial charge in [-0.2, -0.15) is 0 Å². The molecular weight excluding hydrogens is 384 g/mol. The van der Waals surface area contributed by atoms with Crippen molar-refractivity contribution in [3.63, 3.8) is 0 Å². The lowest BCUT2D eigenvalue weighted by Gasteiger charge is -2.27. The van der Waals surface area contributed by atoms with Crippen molar-refractivity contribution < 1.29 is 59.4 Å². The quantitative estimate of drug-likeness (QED) is 0.227. The maximum Gasteiger partial charge on any atom is 0.308 e. The van der Waals surface area contributed by atoms with Gasteiger partial charge in [0.15, 0.2) is 0 Å². The van der Waals surface area contributed by atoms with E-state index in [1.807, 2.05) is 0 Å². The van der Waals surface area contributed by atoms with Gasteiger partial charge in [0.05, 0.1) is 36.0 Å². The molecule has 0 aliphatic carbocycles. The molecule has 0 saturated heterocycles. The minimum atomic E-state index is -2.08. The average molecular weight is 406 g/mol. The van der Waals surface area contributed by atoms with E-state index in [0.717, 1.165) is 0 Å². The molecule has 0 aliphatic rings. The summed E-state index contributed by atoms with van der Waals surface area (Å²) >= 11 is 0. The van der Waals surface area contributed by atoms with Crippen LogP contribution in [0.15, 0.2) is 0 Å². The Hall–Kier alpha value is -3.18. The highest BCUT2D eigenvalue weighted by Gasteiger charge is 2.45. The first-order valence-electron chi connectivity index (χ1n) is 8.15. The molecule has 0 fully saturated rings. The number of hydrogen-bond donors (Lipinski definition) is 6. The third-order valence-electron chi connectivity index (χ3n) is 4.43. The molecule has 28 heavy (non-hydrogen) atoms. The molecule has 0 aromatic carbocycles. The van der Waals surface area contributed by atoms with Crippen molar-refractivity contribution in [1.29, 1.82) is 0 Å². The van der Waals surface area contributed by atoms with E-state index in [1.165, 1.54) is 6.92 Å². The van der Waals surface area contributed by atoms with Crippen molar-refractivity contribution in [2.45, 2.75) is 32.6 Å². The lowest BCUT2D eigenvalue weighted by atomic mass is 9.74. The van der Waals surface area contributed by atoms with Crippen molar-refractivity contribution in [1.82, 2.24) is 0 Å². The summed E-state index contributed by atoms with van der Waals surface area (Å²) in [4.78, 5) is 67.6. The van der Waals surface area contributed by atoms with Crippen molar-refractivity contribution in [3.05, 3.63) is 0 Å². The van der Waals surface area contributed by atoms with Crippen LogP contribution in [0.4, 0.5) is 0 Å². The number of rotatable bonds is 14. The van der Waals surface area contributed by atoms with E-state index in [2.05, 4.69) is 0 Å². The Morgan fingerprint density at radius 1 is 0.643 bits per heavy atom. The van der Waals surface area contributed by atoms with Crippen LogP contribution in [0.5, 0.6) is 0 Å². The van der Waals surface area contributed by atoms with Gasteiger partial charge in [-0.3, -0.25) is 28.8 Å². The molecule has 6 N–H and O–H groups in total. The Bertz CT molecular complexity index is 640. The summed E-state index contributed by atoms with van der Waals surface area (Å²) in [7, 11) is 0. The van der Waals surface area contributed by atoms with Gasteiger partial charge in [0.1, 0.15) is 0 Å². The number of carboxylic acid groups (broad SMARTS) is 6. The smallest absolute Gasteiger partial charge is 0.308 e. The maximum atomic E-state index is 11.6. The number of hydrogen-bond acceptors (Lipinski definition) is 6. The van der Waals surface area contributed by atoms with Crippen molar-refractivity contribution in [3.8, 4) is 0 Å². The Morgan fingerprint density at radius 3 is 1.46 bits per heavy atom. The van der Waals surface area contributed by atoms with E-state index in [-0.39, 0.29) is 6.42 Å². The van der Waals surface area contributed by atoms with E-state index in [9.17, 15) is 44.1 Å². The van der Waals surface area contributed by atoms with Crippen LogP contribution in [0.1, 0.15) is 32.6 Å². The van der Waals surface area contributed by atoms with Gasteiger partial charge in [-0.15, -0.1) is 0 Å². The standard InChI is InChI=1S/C16H22O12/c1-6(12(19)20)2-3-8(14(23)24)11(16(27)28)9(15(25)26)4-7(13(21)22)5-10(17)18/h6-9,11H,2-5H2,1H3,(H,17,18)(H,19,20)(H,21,22)(H,23,24)(H,25,26)(H,27,28). The minimum Gasteiger partial charge on any atom is -0.481 e. The van der Waals surface area contributed by atoms with E-state index >= 15 is 0 Å². The minimum absolute atomic E-state index is 0.250. The van der Waals surface area contributed by atoms with Crippen LogP contribution in [-0.4, -0.2) is 66.5 Å². The number of carboxylic acids is 6. The average Bonchev–Trinajstić information content (AvgIpc) is 2.53. The topological polar surface area (TPSA) is 224 Å². The summed E-state index contributed by atoms with van der Waals surface area (Å²) < 4.78 is 0. The summed E-state index contributed by atoms with van der Waals surface area (Å²) in [5.41, 5.74) is 0. The van der Waals surface area contributed by atoms with Gasteiger partial charge in [-0.25, -0.2) is 0 Å². The molecular formula is C16H22O12. The predicted molar refractivity (Wildman–Crippen MR) is 87.4 cm³/mol.